The zero-order chi connectivity index (χ0) is 19.6. The maximum atomic E-state index is 12.7. The highest BCUT2D eigenvalue weighted by Crippen LogP contribution is 2.31. The lowest BCUT2D eigenvalue weighted by atomic mass is 10.0. The molecule has 2 aromatic carbocycles. The van der Waals surface area contributed by atoms with Crippen molar-refractivity contribution in [2.45, 2.75) is 46.6 Å². The van der Waals surface area contributed by atoms with Crippen LogP contribution in [0.15, 0.2) is 59.1 Å². The average molecular weight is 383 g/mol. The SMILES string of the molecule is CC1=C(c2ccc(C)c(C)c2)S(=O)(=O)NC1=N[C@H](C)CCc1ccccc1. The van der Waals surface area contributed by atoms with Gasteiger partial charge in [-0.15, -0.1) is 0 Å². The van der Waals surface area contributed by atoms with E-state index < -0.39 is 10.0 Å². The topological polar surface area (TPSA) is 58.5 Å². The van der Waals surface area contributed by atoms with Crippen LogP contribution >= 0.6 is 0 Å². The van der Waals surface area contributed by atoms with E-state index in [1.165, 1.54) is 5.56 Å². The van der Waals surface area contributed by atoms with E-state index in [1.807, 2.05) is 64.1 Å². The summed E-state index contributed by atoms with van der Waals surface area (Å²) in [6.07, 6.45) is 1.78. The largest absolute Gasteiger partial charge is 0.264 e. The van der Waals surface area contributed by atoms with Crippen LogP contribution < -0.4 is 4.72 Å². The van der Waals surface area contributed by atoms with Gasteiger partial charge in [0, 0.05) is 11.6 Å². The number of nitrogens with one attached hydrogen (secondary N) is 1. The molecule has 0 radical (unpaired) electrons. The molecule has 0 fully saturated rings. The molecule has 1 N–H and O–H groups in total. The number of aryl methyl sites for hydroxylation is 3. The van der Waals surface area contributed by atoms with E-state index in [0.717, 1.165) is 24.0 Å². The maximum Gasteiger partial charge on any atom is 0.264 e. The normalized spacial score (nSPS) is 18.6. The van der Waals surface area contributed by atoms with Gasteiger partial charge in [-0.25, -0.2) is 8.42 Å². The number of hydrogen-bond acceptors (Lipinski definition) is 3. The zero-order valence-corrected chi connectivity index (χ0v) is 17.1. The smallest absolute Gasteiger partial charge is 0.264 e. The minimum atomic E-state index is -3.58. The van der Waals surface area contributed by atoms with Gasteiger partial charge in [-0.05, 0) is 62.8 Å². The molecule has 0 saturated heterocycles. The summed E-state index contributed by atoms with van der Waals surface area (Å²) in [6.45, 7) is 7.85. The van der Waals surface area contributed by atoms with Crippen molar-refractivity contribution in [3.63, 3.8) is 0 Å². The standard InChI is InChI=1S/C22H26N2O2S/c1-15-10-13-20(14-16(15)2)21-18(4)22(24-27(21,25)26)23-17(3)11-12-19-8-6-5-7-9-19/h5-10,13-14,17H,11-12H2,1-4H3,(H,23,24)/t17-/m1/s1. The van der Waals surface area contributed by atoms with Crippen molar-refractivity contribution in [2.24, 2.45) is 4.99 Å². The summed E-state index contributed by atoms with van der Waals surface area (Å²) in [5, 5.41) is 0. The summed E-state index contributed by atoms with van der Waals surface area (Å²) in [7, 11) is -3.58. The number of rotatable bonds is 5. The highest BCUT2D eigenvalue weighted by molar-refractivity contribution is 8.00. The van der Waals surface area contributed by atoms with Crippen LogP contribution in [0.4, 0.5) is 0 Å². The van der Waals surface area contributed by atoms with Crippen molar-refractivity contribution in [2.75, 3.05) is 0 Å². The van der Waals surface area contributed by atoms with Gasteiger partial charge in [-0.2, -0.15) is 0 Å². The Labute approximate surface area is 162 Å². The number of nitrogens with zero attached hydrogens (tertiary/aromatic N) is 1. The molecule has 142 valence electrons. The van der Waals surface area contributed by atoms with Crippen LogP contribution in [0.3, 0.4) is 0 Å². The molecule has 0 bridgehead atoms. The summed E-state index contributed by atoms with van der Waals surface area (Å²) in [4.78, 5) is 4.98. The molecule has 1 heterocycles. The second-order valence-corrected chi connectivity index (χ2v) is 8.83. The highest BCUT2D eigenvalue weighted by atomic mass is 32.2. The van der Waals surface area contributed by atoms with E-state index in [9.17, 15) is 8.42 Å². The number of amidine groups is 1. The van der Waals surface area contributed by atoms with Gasteiger partial charge in [-0.3, -0.25) is 9.71 Å². The lowest BCUT2D eigenvalue weighted by Gasteiger charge is -2.08. The molecular formula is C22H26N2O2S. The Morgan fingerprint density at radius 2 is 1.70 bits per heavy atom. The molecule has 1 aliphatic heterocycles. The molecule has 0 unspecified atom stereocenters. The molecule has 3 rings (SSSR count). The second-order valence-electron chi connectivity index (χ2n) is 7.21. The van der Waals surface area contributed by atoms with Crippen LogP contribution in [-0.4, -0.2) is 20.3 Å². The van der Waals surface area contributed by atoms with E-state index in [0.29, 0.717) is 21.9 Å². The van der Waals surface area contributed by atoms with Gasteiger partial charge in [-0.1, -0.05) is 48.5 Å². The average Bonchev–Trinajstić information content (AvgIpc) is 2.85. The first-order valence-electron chi connectivity index (χ1n) is 9.21. The fraction of sp³-hybridized carbons (Fsp3) is 0.318. The first-order valence-corrected chi connectivity index (χ1v) is 10.7. The van der Waals surface area contributed by atoms with Gasteiger partial charge >= 0.3 is 0 Å². The van der Waals surface area contributed by atoms with Crippen molar-refractivity contribution in [1.29, 1.82) is 0 Å². The highest BCUT2D eigenvalue weighted by Gasteiger charge is 2.33. The minimum Gasteiger partial charge on any atom is -0.264 e. The predicted octanol–water partition coefficient (Wildman–Crippen LogP) is 4.39. The predicted molar refractivity (Wildman–Crippen MR) is 112 cm³/mol. The van der Waals surface area contributed by atoms with E-state index >= 15 is 0 Å². The summed E-state index contributed by atoms with van der Waals surface area (Å²) in [6, 6.07) is 16.0. The van der Waals surface area contributed by atoms with Gasteiger partial charge in [0.1, 0.15) is 10.7 Å². The lowest BCUT2D eigenvalue weighted by Crippen LogP contribution is -2.25. The Morgan fingerprint density at radius 1 is 1.00 bits per heavy atom. The van der Waals surface area contributed by atoms with Gasteiger partial charge in [0.05, 0.1) is 0 Å². The quantitative estimate of drug-likeness (QED) is 0.834. The zero-order valence-electron chi connectivity index (χ0n) is 16.3. The first kappa shape index (κ1) is 19.4. The Hall–Kier alpha value is -2.40. The fourth-order valence-corrected chi connectivity index (χ4v) is 4.75. The summed E-state index contributed by atoms with van der Waals surface area (Å²) in [5.41, 5.74) is 4.88. The van der Waals surface area contributed by atoms with Crippen LogP contribution in [0.5, 0.6) is 0 Å². The van der Waals surface area contributed by atoms with Gasteiger partial charge in [0.2, 0.25) is 0 Å². The molecule has 4 nitrogen and oxygen atoms in total. The number of hydrogen-bond donors (Lipinski definition) is 1. The molecule has 0 aliphatic carbocycles. The van der Waals surface area contributed by atoms with Gasteiger partial charge in [0.15, 0.2) is 0 Å². The molecule has 2 aromatic rings. The van der Waals surface area contributed by atoms with E-state index in [-0.39, 0.29) is 6.04 Å². The number of benzene rings is 2. The lowest BCUT2D eigenvalue weighted by molar-refractivity contribution is 0.603. The summed E-state index contributed by atoms with van der Waals surface area (Å²) >= 11 is 0. The van der Waals surface area contributed by atoms with E-state index in [1.54, 1.807) is 0 Å². The van der Waals surface area contributed by atoms with Crippen LogP contribution in [0.1, 0.15) is 42.5 Å². The van der Waals surface area contributed by atoms with Gasteiger partial charge in [0.25, 0.3) is 10.0 Å². The first-order chi connectivity index (χ1) is 12.8. The van der Waals surface area contributed by atoms with Crippen molar-refractivity contribution < 1.29 is 8.42 Å². The third-order valence-electron chi connectivity index (χ3n) is 5.01. The molecule has 0 spiro atoms. The second kappa shape index (κ2) is 7.69. The molecule has 0 amide bonds. The minimum absolute atomic E-state index is 0.0250. The van der Waals surface area contributed by atoms with E-state index in [2.05, 4.69) is 21.8 Å². The number of aliphatic imine (C=N–C) groups is 1. The molecule has 0 aromatic heterocycles. The Balaban J connectivity index is 1.85. The molecule has 5 heteroatoms. The van der Waals surface area contributed by atoms with Crippen molar-refractivity contribution in [3.05, 3.63) is 76.4 Å². The van der Waals surface area contributed by atoms with Crippen LogP contribution in [-0.2, 0) is 16.4 Å². The molecular weight excluding hydrogens is 356 g/mol. The summed E-state index contributed by atoms with van der Waals surface area (Å²) < 4.78 is 28.0. The maximum absolute atomic E-state index is 12.7. The third kappa shape index (κ3) is 4.30. The van der Waals surface area contributed by atoms with Crippen molar-refractivity contribution in [3.8, 4) is 0 Å². The van der Waals surface area contributed by atoms with Crippen LogP contribution in [0.2, 0.25) is 0 Å². The fourth-order valence-electron chi connectivity index (χ4n) is 3.25. The Kier molecular flexibility index (Phi) is 5.51. The van der Waals surface area contributed by atoms with Crippen LogP contribution in [0, 0.1) is 13.8 Å². The third-order valence-corrected chi connectivity index (χ3v) is 6.55. The van der Waals surface area contributed by atoms with Crippen LogP contribution in [0.25, 0.3) is 4.91 Å². The molecule has 1 aliphatic rings. The Morgan fingerprint density at radius 3 is 2.37 bits per heavy atom. The van der Waals surface area contributed by atoms with E-state index in [4.69, 9.17) is 0 Å². The molecule has 1 atom stereocenters. The van der Waals surface area contributed by atoms with Crippen molar-refractivity contribution in [1.82, 2.24) is 4.72 Å². The molecule has 0 saturated carbocycles. The molecule has 27 heavy (non-hydrogen) atoms. The Bertz CT molecular complexity index is 1010. The number of sulfonamides is 1. The van der Waals surface area contributed by atoms with Gasteiger partial charge < -0.3 is 0 Å². The van der Waals surface area contributed by atoms with Crippen molar-refractivity contribution >= 4 is 20.8 Å². The monoisotopic (exact) mass is 382 g/mol. The summed E-state index contributed by atoms with van der Waals surface area (Å²) in [5.74, 6) is 0.462.